The Labute approximate surface area is 215 Å². The van der Waals surface area contributed by atoms with Gasteiger partial charge in [-0.2, -0.15) is 0 Å². The van der Waals surface area contributed by atoms with E-state index in [2.05, 4.69) is 53.1 Å². The third kappa shape index (κ3) is 5.26. The molecule has 3 aromatic rings. The Balaban J connectivity index is 1.68. The smallest absolute Gasteiger partial charge is 0.335 e. The van der Waals surface area contributed by atoms with Gasteiger partial charge in [-0.1, -0.05) is 66.0 Å². The van der Waals surface area contributed by atoms with Crippen LogP contribution in [0.5, 0.6) is 5.75 Å². The molecule has 1 aliphatic rings. The zero-order valence-electron chi connectivity index (χ0n) is 16.8. The van der Waals surface area contributed by atoms with Crippen LogP contribution in [0, 0.1) is 0 Å². The van der Waals surface area contributed by atoms with Crippen molar-refractivity contribution in [3.05, 3.63) is 96.8 Å². The number of anilines is 1. The van der Waals surface area contributed by atoms with Gasteiger partial charge in [-0.15, -0.1) is 0 Å². The van der Waals surface area contributed by atoms with Crippen LogP contribution in [-0.4, -0.2) is 17.8 Å². The van der Waals surface area contributed by atoms with Crippen LogP contribution in [0.1, 0.15) is 11.1 Å². The predicted octanol–water partition coefficient (Wildman–Crippen LogP) is 6.22. The first-order valence-electron chi connectivity index (χ1n) is 9.66. The molecular formula is C24H15Br3N2O4. The number of nitrogens with one attached hydrogen (secondary N) is 1. The molecule has 6 nitrogen and oxygen atoms in total. The molecule has 0 spiro atoms. The second-order valence-electron chi connectivity index (χ2n) is 7.00. The first-order valence-corrected chi connectivity index (χ1v) is 12.0. The maximum atomic E-state index is 13.2. The van der Waals surface area contributed by atoms with Crippen molar-refractivity contribution in [3.63, 3.8) is 0 Å². The molecule has 9 heteroatoms. The second-order valence-corrected chi connectivity index (χ2v) is 9.68. The third-order valence-electron chi connectivity index (χ3n) is 4.80. The zero-order valence-corrected chi connectivity index (χ0v) is 21.6. The summed E-state index contributed by atoms with van der Waals surface area (Å²) in [4.78, 5) is 39.1. The molecule has 0 saturated carbocycles. The standard InChI is InChI=1S/C24H15Br3N2O4/c25-16-5-8-18(9-6-16)29-23(31)19(22(30)28-24(29)32)12-15-11-17(26)7-10-21(15)33-13-14-3-1-2-4-20(14)27/h1-12H,13H2,(H,28,30,32)/b19-12+. The molecular weight excluding hydrogens is 620 g/mol. The fourth-order valence-corrected chi connectivity index (χ4v) is 4.21. The lowest BCUT2D eigenvalue weighted by Gasteiger charge is -2.26. The average Bonchev–Trinajstić information content (AvgIpc) is 2.78. The Hall–Kier alpha value is -2.75. The van der Waals surface area contributed by atoms with Crippen molar-refractivity contribution in [3.8, 4) is 5.75 Å². The monoisotopic (exact) mass is 632 g/mol. The topological polar surface area (TPSA) is 75.7 Å². The summed E-state index contributed by atoms with van der Waals surface area (Å²) in [6, 6.07) is 18.8. The first kappa shape index (κ1) is 23.4. The summed E-state index contributed by atoms with van der Waals surface area (Å²) in [5.41, 5.74) is 1.62. The summed E-state index contributed by atoms with van der Waals surface area (Å²) >= 11 is 10.2. The number of imide groups is 2. The number of amides is 4. The minimum Gasteiger partial charge on any atom is -0.488 e. The summed E-state index contributed by atoms with van der Waals surface area (Å²) in [5.74, 6) is -1.01. The van der Waals surface area contributed by atoms with Gasteiger partial charge in [0.15, 0.2) is 0 Å². The molecule has 166 valence electrons. The fraction of sp³-hybridized carbons (Fsp3) is 0.0417. The summed E-state index contributed by atoms with van der Waals surface area (Å²) in [6.07, 6.45) is 1.43. The van der Waals surface area contributed by atoms with E-state index < -0.39 is 17.8 Å². The van der Waals surface area contributed by atoms with E-state index >= 15 is 0 Å². The molecule has 0 bridgehead atoms. The largest absolute Gasteiger partial charge is 0.488 e. The van der Waals surface area contributed by atoms with Gasteiger partial charge in [0.05, 0.1) is 5.69 Å². The molecule has 0 aromatic heterocycles. The zero-order chi connectivity index (χ0) is 23.5. The molecule has 3 aromatic carbocycles. The Kier molecular flexibility index (Phi) is 7.11. The molecule has 1 saturated heterocycles. The molecule has 4 rings (SSSR count). The molecule has 1 N–H and O–H groups in total. The van der Waals surface area contributed by atoms with Gasteiger partial charge >= 0.3 is 6.03 Å². The number of barbiturate groups is 1. The van der Waals surface area contributed by atoms with Crippen molar-refractivity contribution in [1.82, 2.24) is 5.32 Å². The number of benzene rings is 3. The van der Waals surface area contributed by atoms with Crippen LogP contribution in [0.2, 0.25) is 0 Å². The Morgan fingerprint density at radius 3 is 2.30 bits per heavy atom. The van der Waals surface area contributed by atoms with Gasteiger partial charge in [0.1, 0.15) is 17.9 Å². The van der Waals surface area contributed by atoms with Crippen LogP contribution in [0.15, 0.2) is 85.7 Å². The van der Waals surface area contributed by atoms with Crippen LogP contribution in [0.4, 0.5) is 10.5 Å². The number of carbonyl (C=O) groups excluding carboxylic acids is 3. The first-order chi connectivity index (χ1) is 15.8. The highest BCUT2D eigenvalue weighted by Crippen LogP contribution is 2.29. The summed E-state index contributed by atoms with van der Waals surface area (Å²) in [5, 5.41) is 2.23. The van der Waals surface area contributed by atoms with Gasteiger partial charge < -0.3 is 4.74 Å². The Bertz CT molecular complexity index is 1290. The molecule has 1 heterocycles. The van der Waals surface area contributed by atoms with Crippen molar-refractivity contribution >= 4 is 77.4 Å². The Morgan fingerprint density at radius 1 is 0.879 bits per heavy atom. The van der Waals surface area contributed by atoms with Gasteiger partial charge in [-0.25, -0.2) is 9.69 Å². The maximum absolute atomic E-state index is 13.2. The van der Waals surface area contributed by atoms with Crippen LogP contribution in [0.3, 0.4) is 0 Å². The molecule has 0 unspecified atom stereocenters. The molecule has 0 atom stereocenters. The molecule has 0 aliphatic carbocycles. The SMILES string of the molecule is O=C1NC(=O)N(c2ccc(Br)cc2)C(=O)/C1=C/c1cc(Br)ccc1OCc1ccccc1Br. The highest BCUT2D eigenvalue weighted by molar-refractivity contribution is 9.11. The summed E-state index contributed by atoms with van der Waals surface area (Å²) in [6.45, 7) is 0.281. The van der Waals surface area contributed by atoms with Crippen LogP contribution >= 0.6 is 47.8 Å². The highest BCUT2D eigenvalue weighted by Gasteiger charge is 2.37. The fourth-order valence-electron chi connectivity index (χ4n) is 3.17. The normalized spacial score (nSPS) is 15.1. The van der Waals surface area contributed by atoms with E-state index in [0.717, 1.165) is 23.9 Å². The number of urea groups is 1. The van der Waals surface area contributed by atoms with E-state index in [1.54, 1.807) is 42.5 Å². The molecule has 33 heavy (non-hydrogen) atoms. The second kappa shape index (κ2) is 10.0. The quantitative estimate of drug-likeness (QED) is 0.267. The third-order valence-corrected chi connectivity index (χ3v) is 6.59. The number of rotatable bonds is 5. The number of carbonyl (C=O) groups is 3. The van der Waals surface area contributed by atoms with Crippen LogP contribution in [0.25, 0.3) is 6.08 Å². The number of ether oxygens (including phenoxy) is 1. The van der Waals surface area contributed by atoms with Gasteiger partial charge in [-0.05, 0) is 54.6 Å². The van der Waals surface area contributed by atoms with E-state index in [1.807, 2.05) is 24.3 Å². The average molecular weight is 635 g/mol. The van der Waals surface area contributed by atoms with E-state index in [4.69, 9.17) is 4.74 Å². The minimum absolute atomic E-state index is 0.179. The minimum atomic E-state index is -0.802. The van der Waals surface area contributed by atoms with Gasteiger partial charge in [0, 0.05) is 24.5 Å². The lowest BCUT2D eigenvalue weighted by molar-refractivity contribution is -0.122. The lowest BCUT2D eigenvalue weighted by atomic mass is 10.1. The molecule has 1 aliphatic heterocycles. The van der Waals surface area contributed by atoms with Gasteiger partial charge in [0.25, 0.3) is 11.8 Å². The highest BCUT2D eigenvalue weighted by atomic mass is 79.9. The molecule has 1 fully saturated rings. The number of hydrogen-bond donors (Lipinski definition) is 1. The lowest BCUT2D eigenvalue weighted by Crippen LogP contribution is -2.54. The van der Waals surface area contributed by atoms with Crippen molar-refractivity contribution < 1.29 is 19.1 Å². The van der Waals surface area contributed by atoms with Crippen molar-refractivity contribution in [2.75, 3.05) is 4.90 Å². The van der Waals surface area contributed by atoms with Crippen LogP contribution in [-0.2, 0) is 16.2 Å². The van der Waals surface area contributed by atoms with Crippen molar-refractivity contribution in [1.29, 1.82) is 0 Å². The predicted molar refractivity (Wildman–Crippen MR) is 136 cm³/mol. The van der Waals surface area contributed by atoms with E-state index in [0.29, 0.717) is 17.0 Å². The summed E-state index contributed by atoms with van der Waals surface area (Å²) in [7, 11) is 0. The Morgan fingerprint density at radius 2 is 1.58 bits per heavy atom. The van der Waals surface area contributed by atoms with E-state index in [1.165, 1.54) is 6.08 Å². The van der Waals surface area contributed by atoms with Gasteiger partial charge in [-0.3, -0.25) is 14.9 Å². The molecule has 4 amide bonds. The molecule has 0 radical (unpaired) electrons. The van der Waals surface area contributed by atoms with Crippen molar-refractivity contribution in [2.24, 2.45) is 0 Å². The summed E-state index contributed by atoms with van der Waals surface area (Å²) < 4.78 is 8.44. The van der Waals surface area contributed by atoms with Gasteiger partial charge in [0.2, 0.25) is 0 Å². The maximum Gasteiger partial charge on any atom is 0.335 e. The van der Waals surface area contributed by atoms with E-state index in [9.17, 15) is 14.4 Å². The van der Waals surface area contributed by atoms with Crippen molar-refractivity contribution in [2.45, 2.75) is 6.61 Å². The number of hydrogen-bond acceptors (Lipinski definition) is 4. The van der Waals surface area contributed by atoms with E-state index in [-0.39, 0.29) is 12.2 Å². The number of halogens is 3. The van der Waals surface area contributed by atoms with Crippen LogP contribution < -0.4 is 15.0 Å². The number of nitrogens with zero attached hydrogens (tertiary/aromatic N) is 1.